The van der Waals surface area contributed by atoms with Crippen LogP contribution in [0.3, 0.4) is 0 Å². The average Bonchev–Trinajstić information content (AvgIpc) is 2.48. The molecule has 8 heteroatoms. The molecule has 1 aromatic carbocycles. The van der Waals surface area contributed by atoms with Gasteiger partial charge in [-0.1, -0.05) is 0 Å². The molecule has 23 heavy (non-hydrogen) atoms. The van der Waals surface area contributed by atoms with E-state index < -0.39 is 11.9 Å². The molecule has 0 aliphatic heterocycles. The predicted octanol–water partition coefficient (Wildman–Crippen LogP) is 0.287. The molecule has 0 radical (unpaired) electrons. The summed E-state index contributed by atoms with van der Waals surface area (Å²) < 4.78 is 4.70. The number of phenols is 2. The summed E-state index contributed by atoms with van der Waals surface area (Å²) in [6.07, 6.45) is 0.0296. The number of amides is 2. The molecule has 0 aliphatic carbocycles. The number of carbonyl (C=O) groups excluding carboxylic acids is 3. The Labute approximate surface area is 133 Å². The van der Waals surface area contributed by atoms with Gasteiger partial charge in [0.1, 0.15) is 11.5 Å². The minimum absolute atomic E-state index is 0.00853. The Morgan fingerprint density at radius 1 is 1.00 bits per heavy atom. The number of hydrogen-bond acceptors (Lipinski definition) is 6. The lowest BCUT2D eigenvalue weighted by atomic mass is 10.2. The van der Waals surface area contributed by atoms with Gasteiger partial charge in [0, 0.05) is 31.1 Å². The van der Waals surface area contributed by atoms with Crippen molar-refractivity contribution in [2.24, 2.45) is 0 Å². The lowest BCUT2D eigenvalue weighted by Gasteiger charge is -2.08. The number of rotatable bonds is 8. The molecule has 8 nitrogen and oxygen atoms in total. The highest BCUT2D eigenvalue weighted by atomic mass is 16.5. The van der Waals surface area contributed by atoms with Crippen LogP contribution in [0, 0.1) is 0 Å². The average molecular weight is 324 g/mol. The molecule has 0 heterocycles. The predicted molar refractivity (Wildman–Crippen MR) is 81.0 cm³/mol. The Hall–Kier alpha value is -2.77. The second-order valence-corrected chi connectivity index (χ2v) is 4.65. The van der Waals surface area contributed by atoms with Crippen LogP contribution in [-0.2, 0) is 14.3 Å². The number of ether oxygens (including phenoxy) is 1. The molecule has 0 spiro atoms. The Morgan fingerprint density at radius 2 is 1.61 bits per heavy atom. The fraction of sp³-hybridized carbons (Fsp3) is 0.400. The molecule has 0 fully saturated rings. The van der Waals surface area contributed by atoms with Crippen molar-refractivity contribution in [1.82, 2.24) is 10.6 Å². The number of esters is 1. The van der Waals surface area contributed by atoms with Gasteiger partial charge in [-0.3, -0.25) is 14.4 Å². The monoisotopic (exact) mass is 324 g/mol. The molecule has 0 aromatic heterocycles. The summed E-state index contributed by atoms with van der Waals surface area (Å²) >= 11 is 0. The first-order valence-corrected chi connectivity index (χ1v) is 7.16. The molecule has 0 bridgehead atoms. The van der Waals surface area contributed by atoms with Gasteiger partial charge >= 0.3 is 5.97 Å². The first-order valence-electron chi connectivity index (χ1n) is 7.16. The highest BCUT2D eigenvalue weighted by Gasteiger charge is 2.09. The van der Waals surface area contributed by atoms with Crippen molar-refractivity contribution in [2.45, 2.75) is 19.8 Å². The standard InChI is InChI=1S/C15H20N2O6/c1-2-23-14(21)4-3-13(20)16-5-6-17-15(22)10-7-11(18)9-12(19)8-10/h7-9,18-19H,2-6H2,1H3,(H,16,20)(H,17,22). The molecule has 0 saturated heterocycles. The molecule has 0 aliphatic rings. The SMILES string of the molecule is CCOC(=O)CCC(=O)NCCNC(=O)c1cc(O)cc(O)c1. The zero-order valence-electron chi connectivity index (χ0n) is 12.8. The summed E-state index contributed by atoms with van der Waals surface area (Å²) in [7, 11) is 0. The van der Waals surface area contributed by atoms with Gasteiger partial charge in [-0.05, 0) is 19.1 Å². The van der Waals surface area contributed by atoms with Gasteiger partial charge in [0.2, 0.25) is 5.91 Å². The van der Waals surface area contributed by atoms with E-state index in [0.717, 1.165) is 6.07 Å². The first-order chi connectivity index (χ1) is 10.9. The Balaban J connectivity index is 2.25. The van der Waals surface area contributed by atoms with E-state index in [4.69, 9.17) is 4.74 Å². The van der Waals surface area contributed by atoms with Gasteiger partial charge in [0.05, 0.1) is 13.0 Å². The summed E-state index contributed by atoms with van der Waals surface area (Å²) in [5, 5.41) is 23.7. The number of hydrogen-bond donors (Lipinski definition) is 4. The van der Waals surface area contributed by atoms with Crippen LogP contribution in [0.15, 0.2) is 18.2 Å². The number of aromatic hydroxyl groups is 2. The van der Waals surface area contributed by atoms with E-state index in [1.165, 1.54) is 12.1 Å². The summed E-state index contributed by atoms with van der Waals surface area (Å²) in [5.74, 6) is -1.68. The van der Waals surface area contributed by atoms with Crippen LogP contribution in [-0.4, -0.2) is 47.7 Å². The molecule has 1 rings (SSSR count). The Kier molecular flexibility index (Phi) is 7.38. The molecule has 0 atom stereocenters. The third kappa shape index (κ3) is 7.16. The van der Waals surface area contributed by atoms with E-state index in [9.17, 15) is 24.6 Å². The van der Waals surface area contributed by atoms with E-state index in [1.54, 1.807) is 6.92 Å². The zero-order valence-corrected chi connectivity index (χ0v) is 12.8. The van der Waals surface area contributed by atoms with Crippen LogP contribution >= 0.6 is 0 Å². The van der Waals surface area contributed by atoms with Crippen molar-refractivity contribution in [3.63, 3.8) is 0 Å². The van der Waals surface area contributed by atoms with E-state index in [2.05, 4.69) is 10.6 Å². The van der Waals surface area contributed by atoms with Crippen molar-refractivity contribution in [3.8, 4) is 11.5 Å². The topological polar surface area (TPSA) is 125 Å². The number of nitrogens with one attached hydrogen (secondary N) is 2. The maximum atomic E-state index is 11.8. The van der Waals surface area contributed by atoms with Crippen LogP contribution in [0.4, 0.5) is 0 Å². The van der Waals surface area contributed by atoms with Crippen molar-refractivity contribution >= 4 is 17.8 Å². The number of phenolic OH excluding ortho intramolecular Hbond substituents is 2. The smallest absolute Gasteiger partial charge is 0.306 e. The number of carbonyl (C=O) groups is 3. The van der Waals surface area contributed by atoms with Crippen molar-refractivity contribution in [1.29, 1.82) is 0 Å². The largest absolute Gasteiger partial charge is 0.508 e. The molecule has 1 aromatic rings. The summed E-state index contributed by atoms with van der Waals surface area (Å²) in [4.78, 5) is 34.3. The van der Waals surface area contributed by atoms with Crippen LogP contribution in [0.5, 0.6) is 11.5 Å². The molecular formula is C15H20N2O6. The normalized spacial score (nSPS) is 9.96. The maximum absolute atomic E-state index is 11.8. The zero-order chi connectivity index (χ0) is 17.2. The van der Waals surface area contributed by atoms with Gasteiger partial charge in [-0.25, -0.2) is 0 Å². The van der Waals surface area contributed by atoms with Crippen LogP contribution in [0.25, 0.3) is 0 Å². The maximum Gasteiger partial charge on any atom is 0.306 e. The van der Waals surface area contributed by atoms with Crippen molar-refractivity contribution < 1.29 is 29.3 Å². The molecule has 0 saturated carbocycles. The minimum atomic E-state index is -0.489. The van der Waals surface area contributed by atoms with E-state index in [0.29, 0.717) is 0 Å². The fourth-order valence-electron chi connectivity index (χ4n) is 1.74. The molecule has 2 amide bonds. The molecule has 126 valence electrons. The van der Waals surface area contributed by atoms with Gasteiger partial charge in [-0.15, -0.1) is 0 Å². The lowest BCUT2D eigenvalue weighted by Crippen LogP contribution is -2.34. The van der Waals surface area contributed by atoms with Gasteiger partial charge in [-0.2, -0.15) is 0 Å². The van der Waals surface area contributed by atoms with E-state index >= 15 is 0 Å². The van der Waals surface area contributed by atoms with Crippen LogP contribution in [0.1, 0.15) is 30.1 Å². The van der Waals surface area contributed by atoms with Crippen LogP contribution < -0.4 is 10.6 Å². The van der Waals surface area contributed by atoms with Gasteiger partial charge < -0.3 is 25.6 Å². The highest BCUT2D eigenvalue weighted by molar-refractivity contribution is 5.95. The highest BCUT2D eigenvalue weighted by Crippen LogP contribution is 2.20. The summed E-state index contributed by atoms with van der Waals surface area (Å²) in [5.41, 5.74) is 0.108. The third-order valence-corrected chi connectivity index (χ3v) is 2.76. The quantitative estimate of drug-likeness (QED) is 0.402. The summed E-state index contributed by atoms with van der Waals surface area (Å²) in [6, 6.07) is 3.54. The first kappa shape index (κ1) is 18.3. The van der Waals surface area contributed by atoms with Gasteiger partial charge in [0.25, 0.3) is 5.91 Å². The lowest BCUT2D eigenvalue weighted by molar-refractivity contribution is -0.144. The molecular weight excluding hydrogens is 304 g/mol. The number of benzene rings is 1. The Morgan fingerprint density at radius 3 is 2.22 bits per heavy atom. The van der Waals surface area contributed by atoms with E-state index in [-0.39, 0.29) is 55.5 Å². The molecule has 4 N–H and O–H groups in total. The van der Waals surface area contributed by atoms with E-state index in [1.807, 2.05) is 0 Å². The Bertz CT molecular complexity index is 553. The van der Waals surface area contributed by atoms with Crippen molar-refractivity contribution in [3.05, 3.63) is 23.8 Å². The second-order valence-electron chi connectivity index (χ2n) is 4.65. The second kappa shape index (κ2) is 9.29. The molecule has 0 unspecified atom stereocenters. The van der Waals surface area contributed by atoms with Crippen LogP contribution in [0.2, 0.25) is 0 Å². The van der Waals surface area contributed by atoms with Gasteiger partial charge in [0.15, 0.2) is 0 Å². The van der Waals surface area contributed by atoms with Crippen molar-refractivity contribution in [2.75, 3.05) is 19.7 Å². The minimum Gasteiger partial charge on any atom is -0.508 e. The fourth-order valence-corrected chi connectivity index (χ4v) is 1.74. The summed E-state index contributed by atoms with van der Waals surface area (Å²) in [6.45, 7) is 2.32. The third-order valence-electron chi connectivity index (χ3n) is 2.76.